The average molecular weight is 429 g/mol. The van der Waals surface area contributed by atoms with E-state index in [1.54, 1.807) is 18.0 Å². The van der Waals surface area contributed by atoms with E-state index in [-0.39, 0.29) is 11.7 Å². The smallest absolute Gasteiger partial charge is 0.254 e. The molecule has 0 bridgehead atoms. The summed E-state index contributed by atoms with van der Waals surface area (Å²) in [7, 11) is 0. The van der Waals surface area contributed by atoms with Gasteiger partial charge in [-0.25, -0.2) is 9.37 Å². The first-order valence-corrected chi connectivity index (χ1v) is 11.7. The van der Waals surface area contributed by atoms with Crippen LogP contribution in [0, 0.1) is 5.82 Å². The number of hydrogen-bond donors (Lipinski definition) is 1. The minimum atomic E-state index is -0.202. The minimum Gasteiger partial charge on any atom is -0.369 e. The molecule has 1 aliphatic carbocycles. The van der Waals surface area contributed by atoms with Gasteiger partial charge >= 0.3 is 0 Å². The molecule has 4 rings (SSSR count). The van der Waals surface area contributed by atoms with E-state index in [0.717, 1.165) is 43.4 Å². The first-order chi connectivity index (χ1) is 14.7. The summed E-state index contributed by atoms with van der Waals surface area (Å²) in [6, 6.07) is 10.4. The summed E-state index contributed by atoms with van der Waals surface area (Å²) in [5, 5.41) is 4.51. The van der Waals surface area contributed by atoms with Crippen molar-refractivity contribution >= 4 is 23.4 Å². The van der Waals surface area contributed by atoms with Gasteiger partial charge in [0.2, 0.25) is 0 Å². The van der Waals surface area contributed by atoms with Gasteiger partial charge in [0.15, 0.2) is 0 Å². The predicted octanol–water partition coefficient (Wildman–Crippen LogP) is 3.81. The molecule has 0 radical (unpaired) electrons. The highest BCUT2D eigenvalue weighted by molar-refractivity contribution is 7.99. The molecule has 1 amide bonds. The van der Waals surface area contributed by atoms with Gasteiger partial charge in [0, 0.05) is 56.4 Å². The number of nitrogens with zero attached hydrogens (tertiary/aromatic N) is 3. The summed E-state index contributed by atoms with van der Waals surface area (Å²) in [5.74, 6) is -0.236. The second kappa shape index (κ2) is 10.3. The molecule has 7 heteroatoms. The van der Waals surface area contributed by atoms with Crippen molar-refractivity contribution in [1.82, 2.24) is 15.2 Å². The molecule has 2 fully saturated rings. The molecule has 1 aromatic heterocycles. The number of thioether (sulfide) groups is 1. The van der Waals surface area contributed by atoms with Crippen molar-refractivity contribution in [2.24, 2.45) is 0 Å². The Morgan fingerprint density at radius 1 is 1.10 bits per heavy atom. The summed E-state index contributed by atoms with van der Waals surface area (Å²) >= 11 is 1.76. The predicted molar refractivity (Wildman–Crippen MR) is 120 cm³/mol. The Morgan fingerprint density at radius 2 is 1.83 bits per heavy atom. The van der Waals surface area contributed by atoms with Crippen molar-refractivity contribution in [3.05, 3.63) is 54.0 Å². The van der Waals surface area contributed by atoms with Crippen LogP contribution in [0.15, 0.2) is 47.6 Å². The number of benzene rings is 1. The Balaban J connectivity index is 1.22. The quantitative estimate of drug-likeness (QED) is 0.727. The number of amides is 1. The van der Waals surface area contributed by atoms with Gasteiger partial charge in [0.25, 0.3) is 5.91 Å². The van der Waals surface area contributed by atoms with E-state index < -0.39 is 0 Å². The lowest BCUT2D eigenvalue weighted by Crippen LogP contribution is -2.48. The van der Waals surface area contributed by atoms with Gasteiger partial charge in [-0.05, 0) is 49.2 Å². The molecule has 1 aromatic carbocycles. The lowest BCUT2D eigenvalue weighted by molar-refractivity contribution is 0.0944. The molecule has 1 saturated heterocycles. The number of pyridine rings is 1. The van der Waals surface area contributed by atoms with Crippen LogP contribution in [0.4, 0.5) is 10.1 Å². The van der Waals surface area contributed by atoms with E-state index in [0.29, 0.717) is 17.4 Å². The Morgan fingerprint density at radius 3 is 2.57 bits per heavy atom. The molecule has 1 saturated carbocycles. The molecule has 30 heavy (non-hydrogen) atoms. The zero-order valence-electron chi connectivity index (χ0n) is 17.2. The van der Waals surface area contributed by atoms with Crippen molar-refractivity contribution in [3.63, 3.8) is 0 Å². The van der Waals surface area contributed by atoms with Crippen LogP contribution in [-0.2, 0) is 0 Å². The largest absolute Gasteiger partial charge is 0.369 e. The lowest BCUT2D eigenvalue weighted by atomic mass is 10.2. The molecule has 0 atom stereocenters. The van der Waals surface area contributed by atoms with Crippen molar-refractivity contribution in [1.29, 1.82) is 0 Å². The fourth-order valence-corrected chi connectivity index (χ4v) is 5.42. The molecule has 0 unspecified atom stereocenters. The number of rotatable bonds is 7. The fourth-order valence-electron chi connectivity index (χ4n) is 4.13. The van der Waals surface area contributed by atoms with Gasteiger partial charge in [-0.2, -0.15) is 0 Å². The second-order valence-electron chi connectivity index (χ2n) is 7.94. The summed E-state index contributed by atoms with van der Waals surface area (Å²) in [4.78, 5) is 21.8. The van der Waals surface area contributed by atoms with E-state index in [1.165, 1.54) is 37.8 Å². The third kappa shape index (κ3) is 5.52. The van der Waals surface area contributed by atoms with Crippen LogP contribution in [-0.4, -0.2) is 60.3 Å². The highest BCUT2D eigenvalue weighted by Gasteiger charge is 2.21. The number of hydrogen-bond acceptors (Lipinski definition) is 5. The Hall–Kier alpha value is -2.12. The third-order valence-electron chi connectivity index (χ3n) is 5.87. The van der Waals surface area contributed by atoms with Crippen molar-refractivity contribution < 1.29 is 9.18 Å². The van der Waals surface area contributed by atoms with Crippen LogP contribution in [0.1, 0.15) is 36.0 Å². The van der Waals surface area contributed by atoms with E-state index >= 15 is 0 Å². The summed E-state index contributed by atoms with van der Waals surface area (Å²) in [6.45, 7) is 5.13. The normalized spacial score (nSPS) is 18.0. The third-order valence-corrected chi connectivity index (χ3v) is 7.23. The second-order valence-corrected chi connectivity index (χ2v) is 9.23. The summed E-state index contributed by atoms with van der Waals surface area (Å²) in [5.41, 5.74) is 1.75. The molecule has 1 aliphatic heterocycles. The van der Waals surface area contributed by atoms with Gasteiger partial charge in [0.05, 0.1) is 5.56 Å². The zero-order valence-corrected chi connectivity index (χ0v) is 18.0. The first kappa shape index (κ1) is 21.1. The van der Waals surface area contributed by atoms with Gasteiger partial charge < -0.3 is 10.2 Å². The van der Waals surface area contributed by atoms with Crippen LogP contribution in [0.3, 0.4) is 0 Å². The van der Waals surface area contributed by atoms with E-state index in [2.05, 4.69) is 20.1 Å². The van der Waals surface area contributed by atoms with E-state index in [9.17, 15) is 9.18 Å². The number of piperazine rings is 1. The van der Waals surface area contributed by atoms with Crippen molar-refractivity contribution in [2.45, 2.75) is 36.0 Å². The van der Waals surface area contributed by atoms with Crippen molar-refractivity contribution in [3.8, 4) is 0 Å². The van der Waals surface area contributed by atoms with Gasteiger partial charge in [-0.3, -0.25) is 9.69 Å². The van der Waals surface area contributed by atoms with Crippen LogP contribution >= 0.6 is 11.8 Å². The maximum Gasteiger partial charge on any atom is 0.254 e. The lowest BCUT2D eigenvalue weighted by Gasteiger charge is -2.36. The van der Waals surface area contributed by atoms with Crippen molar-refractivity contribution in [2.75, 3.05) is 44.2 Å². The molecule has 2 heterocycles. The van der Waals surface area contributed by atoms with Gasteiger partial charge in [-0.15, -0.1) is 11.8 Å². The van der Waals surface area contributed by atoms with Crippen LogP contribution in [0.25, 0.3) is 0 Å². The maximum atomic E-state index is 13.1. The summed E-state index contributed by atoms with van der Waals surface area (Å²) < 4.78 is 13.1. The highest BCUT2D eigenvalue weighted by Crippen LogP contribution is 2.35. The SMILES string of the molecule is O=C(NCCN1CCN(c2ccc(F)cc2)CC1)c1cccnc1SC1CCCC1. The molecule has 2 aromatic rings. The van der Waals surface area contributed by atoms with E-state index in [1.807, 2.05) is 24.3 Å². The zero-order chi connectivity index (χ0) is 20.8. The fraction of sp³-hybridized carbons (Fsp3) is 0.478. The monoisotopic (exact) mass is 428 g/mol. The molecule has 160 valence electrons. The maximum absolute atomic E-state index is 13.1. The average Bonchev–Trinajstić information content (AvgIpc) is 3.28. The summed E-state index contributed by atoms with van der Waals surface area (Å²) in [6.07, 6.45) is 6.76. The first-order valence-electron chi connectivity index (χ1n) is 10.8. The standard InChI is InChI=1S/C23H29FN4OS/c24-18-7-9-19(10-8-18)28-16-14-27(15-17-28)13-12-25-22(29)21-6-3-11-26-23(21)30-20-4-1-2-5-20/h3,6-11,20H,1-2,4-5,12-17H2,(H,25,29). The number of aromatic nitrogens is 1. The Kier molecular flexibility index (Phi) is 7.23. The number of nitrogens with one attached hydrogen (secondary N) is 1. The number of carbonyl (C=O) groups excluding carboxylic acids is 1. The van der Waals surface area contributed by atoms with Crippen LogP contribution in [0.2, 0.25) is 0 Å². The molecular formula is C23H29FN4OS. The highest BCUT2D eigenvalue weighted by atomic mass is 32.2. The van der Waals surface area contributed by atoms with Crippen LogP contribution in [0.5, 0.6) is 0 Å². The van der Waals surface area contributed by atoms with Gasteiger partial charge in [-0.1, -0.05) is 12.8 Å². The number of halogens is 1. The Bertz CT molecular complexity index is 833. The Labute approximate surface area is 182 Å². The topological polar surface area (TPSA) is 48.5 Å². The number of anilines is 1. The molecular weight excluding hydrogens is 399 g/mol. The van der Waals surface area contributed by atoms with Crippen LogP contribution < -0.4 is 10.2 Å². The molecule has 5 nitrogen and oxygen atoms in total. The molecule has 0 spiro atoms. The van der Waals surface area contributed by atoms with Gasteiger partial charge in [0.1, 0.15) is 10.8 Å². The van der Waals surface area contributed by atoms with E-state index in [4.69, 9.17) is 0 Å². The molecule has 1 N–H and O–H groups in total. The minimum absolute atomic E-state index is 0.0338. The number of carbonyl (C=O) groups is 1. The molecule has 2 aliphatic rings.